The first-order chi connectivity index (χ1) is 20.5. The topological polar surface area (TPSA) is 89.8 Å². The maximum Gasteiger partial charge on any atom is 0.222 e. The van der Waals surface area contributed by atoms with Crippen molar-refractivity contribution < 1.29 is 20.1 Å². The van der Waals surface area contributed by atoms with Crippen molar-refractivity contribution in [1.29, 1.82) is 0 Å². The average molecular weight is 596 g/mol. The molecular weight excluding hydrogens is 522 g/mol. The molecule has 0 aromatic rings. The van der Waals surface area contributed by atoms with E-state index in [4.69, 9.17) is 0 Å². The molecule has 0 radical (unpaired) electrons. The van der Waals surface area contributed by atoms with Crippen molar-refractivity contribution in [3.8, 4) is 0 Å². The van der Waals surface area contributed by atoms with Gasteiger partial charge in [0.25, 0.3) is 0 Å². The SMILES string of the molecule is CCCCCCCCCCC/C=C/C(O)C(CO)NC(=O)CC(O)CCCCCCCCCCCCCCCCCC. The van der Waals surface area contributed by atoms with Crippen LogP contribution in [0.1, 0.15) is 194 Å². The lowest BCUT2D eigenvalue weighted by molar-refractivity contribution is -0.124. The van der Waals surface area contributed by atoms with E-state index in [9.17, 15) is 20.1 Å². The van der Waals surface area contributed by atoms with Crippen LogP contribution in [-0.4, -0.2) is 46.1 Å². The molecule has 0 heterocycles. The number of aliphatic hydroxyl groups is 3. The van der Waals surface area contributed by atoms with Gasteiger partial charge >= 0.3 is 0 Å². The zero-order valence-corrected chi connectivity index (χ0v) is 28.1. The first kappa shape index (κ1) is 41.1. The summed E-state index contributed by atoms with van der Waals surface area (Å²) in [4.78, 5) is 12.3. The molecule has 0 aliphatic carbocycles. The third kappa shape index (κ3) is 29.2. The Balaban J connectivity index is 3.69. The van der Waals surface area contributed by atoms with Crippen LogP contribution in [0.3, 0.4) is 0 Å². The largest absolute Gasteiger partial charge is 0.394 e. The quantitative estimate of drug-likeness (QED) is 0.0449. The molecule has 4 N–H and O–H groups in total. The minimum Gasteiger partial charge on any atom is -0.394 e. The number of carbonyl (C=O) groups excluding carboxylic acids is 1. The molecule has 250 valence electrons. The fourth-order valence-corrected chi connectivity index (χ4v) is 5.69. The summed E-state index contributed by atoms with van der Waals surface area (Å²) < 4.78 is 0. The molecule has 0 aliphatic heterocycles. The van der Waals surface area contributed by atoms with Gasteiger partial charge in [-0.25, -0.2) is 0 Å². The van der Waals surface area contributed by atoms with Gasteiger partial charge in [-0.3, -0.25) is 4.79 Å². The van der Waals surface area contributed by atoms with Gasteiger partial charge in [-0.15, -0.1) is 0 Å². The Hall–Kier alpha value is -0.910. The number of unbranched alkanes of at least 4 members (excludes halogenated alkanes) is 24. The highest BCUT2D eigenvalue weighted by atomic mass is 16.3. The minimum absolute atomic E-state index is 0.0180. The summed E-state index contributed by atoms with van der Waals surface area (Å²) in [6.45, 7) is 4.19. The van der Waals surface area contributed by atoms with Crippen molar-refractivity contribution in [2.24, 2.45) is 0 Å². The molecule has 0 aromatic heterocycles. The molecule has 0 spiro atoms. The molecular formula is C37H73NO4. The molecule has 3 unspecified atom stereocenters. The fourth-order valence-electron chi connectivity index (χ4n) is 5.69. The Bertz CT molecular complexity index is 582. The van der Waals surface area contributed by atoms with Gasteiger partial charge in [0.05, 0.1) is 31.3 Å². The van der Waals surface area contributed by atoms with E-state index in [0.717, 1.165) is 25.7 Å². The molecule has 1 amide bonds. The van der Waals surface area contributed by atoms with E-state index in [-0.39, 0.29) is 18.9 Å². The number of allylic oxidation sites excluding steroid dienone is 1. The highest BCUT2D eigenvalue weighted by molar-refractivity contribution is 5.76. The van der Waals surface area contributed by atoms with Gasteiger partial charge in [0.1, 0.15) is 0 Å². The van der Waals surface area contributed by atoms with Crippen molar-refractivity contribution in [3.05, 3.63) is 12.2 Å². The zero-order chi connectivity index (χ0) is 30.9. The summed E-state index contributed by atoms with van der Waals surface area (Å²) in [5, 5.41) is 33.0. The number of aliphatic hydroxyl groups excluding tert-OH is 3. The van der Waals surface area contributed by atoms with E-state index in [1.165, 1.54) is 141 Å². The summed E-state index contributed by atoms with van der Waals surface area (Å²) in [5.74, 6) is -0.315. The van der Waals surface area contributed by atoms with Gasteiger partial charge in [-0.1, -0.05) is 180 Å². The number of hydrogen-bond acceptors (Lipinski definition) is 4. The summed E-state index contributed by atoms with van der Waals surface area (Å²) in [7, 11) is 0. The van der Waals surface area contributed by atoms with Crippen molar-refractivity contribution in [2.75, 3.05) is 6.61 Å². The lowest BCUT2D eigenvalue weighted by Gasteiger charge is -2.21. The smallest absolute Gasteiger partial charge is 0.222 e. The van der Waals surface area contributed by atoms with Crippen LogP contribution in [0.15, 0.2) is 12.2 Å². The Morgan fingerprint density at radius 1 is 0.595 bits per heavy atom. The Labute approximate surface area is 261 Å². The van der Waals surface area contributed by atoms with E-state index in [0.29, 0.717) is 6.42 Å². The second kappa shape index (κ2) is 33.0. The molecule has 42 heavy (non-hydrogen) atoms. The van der Waals surface area contributed by atoms with Gasteiger partial charge in [0.15, 0.2) is 0 Å². The van der Waals surface area contributed by atoms with E-state index in [1.54, 1.807) is 6.08 Å². The van der Waals surface area contributed by atoms with Crippen molar-refractivity contribution in [2.45, 2.75) is 212 Å². The van der Waals surface area contributed by atoms with Crippen LogP contribution in [-0.2, 0) is 4.79 Å². The summed E-state index contributed by atoms with van der Waals surface area (Å²) in [6.07, 6.45) is 36.2. The third-order valence-electron chi connectivity index (χ3n) is 8.57. The van der Waals surface area contributed by atoms with Crippen LogP contribution in [0.2, 0.25) is 0 Å². The normalized spacial score (nSPS) is 13.9. The Kier molecular flexibility index (Phi) is 32.3. The van der Waals surface area contributed by atoms with Gasteiger partial charge < -0.3 is 20.6 Å². The fraction of sp³-hybridized carbons (Fsp3) is 0.919. The Morgan fingerprint density at radius 2 is 0.976 bits per heavy atom. The van der Waals surface area contributed by atoms with Gasteiger partial charge in [0.2, 0.25) is 5.91 Å². The summed E-state index contributed by atoms with van der Waals surface area (Å²) >= 11 is 0. The van der Waals surface area contributed by atoms with Crippen LogP contribution in [0, 0.1) is 0 Å². The molecule has 3 atom stereocenters. The maximum absolute atomic E-state index is 12.3. The second-order valence-corrected chi connectivity index (χ2v) is 12.8. The van der Waals surface area contributed by atoms with Crippen LogP contribution in [0.25, 0.3) is 0 Å². The molecule has 0 aromatic carbocycles. The number of nitrogens with one attached hydrogen (secondary N) is 1. The summed E-state index contributed by atoms with van der Waals surface area (Å²) in [5.41, 5.74) is 0. The number of carbonyl (C=O) groups is 1. The zero-order valence-electron chi connectivity index (χ0n) is 28.1. The van der Waals surface area contributed by atoms with Crippen LogP contribution < -0.4 is 5.32 Å². The van der Waals surface area contributed by atoms with Crippen molar-refractivity contribution in [3.63, 3.8) is 0 Å². The van der Waals surface area contributed by atoms with Gasteiger partial charge in [-0.2, -0.15) is 0 Å². The third-order valence-corrected chi connectivity index (χ3v) is 8.57. The lowest BCUT2D eigenvalue weighted by Crippen LogP contribution is -2.45. The highest BCUT2D eigenvalue weighted by Gasteiger charge is 2.20. The predicted molar refractivity (Wildman–Crippen MR) is 181 cm³/mol. The molecule has 0 aliphatic rings. The van der Waals surface area contributed by atoms with E-state index in [1.807, 2.05) is 6.08 Å². The average Bonchev–Trinajstić information content (AvgIpc) is 2.98. The number of amides is 1. The first-order valence-electron chi connectivity index (χ1n) is 18.5. The van der Waals surface area contributed by atoms with E-state index in [2.05, 4.69) is 19.2 Å². The van der Waals surface area contributed by atoms with Gasteiger partial charge in [-0.05, 0) is 19.3 Å². The molecule has 0 saturated carbocycles. The van der Waals surface area contributed by atoms with E-state index < -0.39 is 18.2 Å². The van der Waals surface area contributed by atoms with Crippen LogP contribution in [0.4, 0.5) is 0 Å². The monoisotopic (exact) mass is 596 g/mol. The number of hydrogen-bond donors (Lipinski definition) is 4. The molecule has 0 rings (SSSR count). The standard InChI is InChI=1S/C37H73NO4/c1-3-5-7-9-11-13-15-16-17-18-19-21-22-24-26-28-30-34(40)32-37(42)38-35(33-39)36(41)31-29-27-25-23-20-14-12-10-8-6-4-2/h29,31,34-36,39-41H,3-28,30,32-33H2,1-2H3,(H,38,42)/b31-29+. The Morgan fingerprint density at radius 3 is 1.38 bits per heavy atom. The van der Waals surface area contributed by atoms with Crippen LogP contribution >= 0.6 is 0 Å². The second-order valence-electron chi connectivity index (χ2n) is 12.8. The highest BCUT2D eigenvalue weighted by Crippen LogP contribution is 2.15. The van der Waals surface area contributed by atoms with Crippen LogP contribution in [0.5, 0.6) is 0 Å². The molecule has 5 nitrogen and oxygen atoms in total. The minimum atomic E-state index is -0.921. The molecule has 5 heteroatoms. The molecule has 0 fully saturated rings. The van der Waals surface area contributed by atoms with Crippen molar-refractivity contribution >= 4 is 5.91 Å². The molecule has 0 bridgehead atoms. The first-order valence-corrected chi connectivity index (χ1v) is 18.5. The summed E-state index contributed by atoms with van der Waals surface area (Å²) in [6, 6.07) is -0.736. The maximum atomic E-state index is 12.3. The van der Waals surface area contributed by atoms with Gasteiger partial charge in [0, 0.05) is 0 Å². The lowest BCUT2D eigenvalue weighted by atomic mass is 10.0. The van der Waals surface area contributed by atoms with E-state index >= 15 is 0 Å². The van der Waals surface area contributed by atoms with Crippen molar-refractivity contribution in [1.82, 2.24) is 5.32 Å². The molecule has 0 saturated heterocycles. The predicted octanol–water partition coefficient (Wildman–Crippen LogP) is 9.70. The number of rotatable bonds is 33.